The van der Waals surface area contributed by atoms with Gasteiger partial charge in [-0.05, 0) is 60.1 Å². The molecule has 3 aromatic carbocycles. The molecule has 1 heterocycles. The quantitative estimate of drug-likeness (QED) is 0.112. The van der Waals surface area contributed by atoms with E-state index in [9.17, 15) is 31.9 Å². The molecule has 0 saturated heterocycles. The number of alkyl halides is 3. The van der Waals surface area contributed by atoms with Crippen molar-refractivity contribution in [1.29, 1.82) is 0 Å². The van der Waals surface area contributed by atoms with Crippen LogP contribution in [0.15, 0.2) is 72.8 Å². The van der Waals surface area contributed by atoms with Gasteiger partial charge in [0.25, 0.3) is 5.91 Å². The Labute approximate surface area is 259 Å². The number of urea groups is 1. The molecule has 3 amide bonds. The number of fused-ring (bicyclic) bond motifs is 1. The number of hydrogen-bond donors (Lipinski definition) is 4. The first-order valence-electron chi connectivity index (χ1n) is 14.1. The van der Waals surface area contributed by atoms with Gasteiger partial charge < -0.3 is 15.7 Å². The number of carboxylic acid groups (broad SMARTS) is 1. The second-order valence-electron chi connectivity index (χ2n) is 10.5. The smallest absolute Gasteiger partial charge is 0.417 e. The zero-order valence-corrected chi connectivity index (χ0v) is 24.5. The molecule has 4 N–H and O–H groups in total. The van der Waals surface area contributed by atoms with Crippen LogP contribution in [0.4, 0.5) is 27.5 Å². The van der Waals surface area contributed by atoms with E-state index in [2.05, 4.69) is 33.1 Å². The molecule has 4 aromatic rings. The summed E-state index contributed by atoms with van der Waals surface area (Å²) in [5, 5.41) is 16.6. The van der Waals surface area contributed by atoms with E-state index in [0.717, 1.165) is 36.5 Å². The first kappa shape index (κ1) is 31.6. The number of thiazole rings is 1. The lowest BCUT2D eigenvalue weighted by atomic mass is 9.82. The van der Waals surface area contributed by atoms with Gasteiger partial charge in [0, 0.05) is 18.2 Å². The Balaban J connectivity index is 1.44. The third kappa shape index (κ3) is 7.66. The maximum atomic E-state index is 13.9. The van der Waals surface area contributed by atoms with Crippen molar-refractivity contribution in [3.8, 4) is 0 Å². The Hall–Kier alpha value is -4.78. The van der Waals surface area contributed by atoms with Gasteiger partial charge in [0.15, 0.2) is 5.13 Å². The van der Waals surface area contributed by atoms with Crippen molar-refractivity contribution in [3.05, 3.63) is 106 Å². The van der Waals surface area contributed by atoms with Gasteiger partial charge in [-0.3, -0.25) is 14.9 Å². The third-order valence-corrected chi connectivity index (χ3v) is 8.42. The number of carbonyl (C=O) groups is 3. The summed E-state index contributed by atoms with van der Waals surface area (Å²) in [7, 11) is 0. The first-order chi connectivity index (χ1) is 21.5. The van der Waals surface area contributed by atoms with Crippen LogP contribution >= 0.6 is 11.3 Å². The standard InChI is InChI=1S/C32H28F4N4O4S/c33-21-16-24(32(34,35)36)28-25(17-21)38-31(45-28)40-30(44)39-27(23-9-5-4-8-22(23)18-6-2-1-3-7-18)19-10-12-20(13-11-19)29(43)37-15-14-26(41)42/h1-2,4-5,8-13,16-18,27H,3,6-7,14-15H2,(H,37,43)(H,41,42)(H2,38,39,40,44). The van der Waals surface area contributed by atoms with Gasteiger partial charge in [-0.1, -0.05) is 59.9 Å². The molecule has 1 aromatic heterocycles. The van der Waals surface area contributed by atoms with Gasteiger partial charge >= 0.3 is 18.2 Å². The summed E-state index contributed by atoms with van der Waals surface area (Å²) in [5.41, 5.74) is 1.33. The lowest BCUT2D eigenvalue weighted by Crippen LogP contribution is -2.34. The SMILES string of the molecule is O=C(O)CCNC(=O)c1ccc(C(NC(=O)Nc2nc3cc(F)cc(C(F)(F)F)c3s2)c2ccccc2C2CC=CCC2)cc1. The van der Waals surface area contributed by atoms with Gasteiger partial charge in [0.2, 0.25) is 0 Å². The highest BCUT2D eigenvalue weighted by molar-refractivity contribution is 7.22. The van der Waals surface area contributed by atoms with Gasteiger partial charge in [-0.25, -0.2) is 14.2 Å². The summed E-state index contributed by atoms with van der Waals surface area (Å²) in [6.07, 6.45) is 1.83. The van der Waals surface area contributed by atoms with Crippen LogP contribution in [0.2, 0.25) is 0 Å². The molecule has 0 spiro atoms. The monoisotopic (exact) mass is 640 g/mol. The van der Waals surface area contributed by atoms with Crippen molar-refractivity contribution < 1.29 is 37.1 Å². The molecular formula is C32H28F4N4O4S. The molecule has 2 atom stereocenters. The van der Waals surface area contributed by atoms with E-state index in [1.54, 1.807) is 24.3 Å². The second-order valence-corrected chi connectivity index (χ2v) is 11.5. The number of aromatic nitrogens is 1. The van der Waals surface area contributed by atoms with Crippen LogP contribution in [0.5, 0.6) is 0 Å². The van der Waals surface area contributed by atoms with Crippen LogP contribution < -0.4 is 16.0 Å². The molecule has 45 heavy (non-hydrogen) atoms. The largest absolute Gasteiger partial charge is 0.481 e. The fourth-order valence-corrected chi connectivity index (χ4v) is 6.28. The summed E-state index contributed by atoms with van der Waals surface area (Å²) >= 11 is 0.587. The van der Waals surface area contributed by atoms with E-state index >= 15 is 0 Å². The van der Waals surface area contributed by atoms with Gasteiger partial charge in [-0.15, -0.1) is 0 Å². The zero-order valence-electron chi connectivity index (χ0n) is 23.7. The topological polar surface area (TPSA) is 120 Å². The fraction of sp³-hybridized carbons (Fsp3) is 0.250. The van der Waals surface area contributed by atoms with Crippen molar-refractivity contribution in [3.63, 3.8) is 0 Å². The van der Waals surface area contributed by atoms with Crippen molar-refractivity contribution in [2.24, 2.45) is 0 Å². The Morgan fingerprint density at radius 1 is 1.04 bits per heavy atom. The second kappa shape index (κ2) is 13.5. The predicted octanol–water partition coefficient (Wildman–Crippen LogP) is 7.39. The molecule has 0 bridgehead atoms. The molecule has 1 aliphatic rings. The molecular weight excluding hydrogens is 612 g/mol. The maximum absolute atomic E-state index is 13.9. The maximum Gasteiger partial charge on any atom is 0.417 e. The first-order valence-corrected chi connectivity index (χ1v) is 14.9. The molecule has 2 unspecified atom stereocenters. The average molecular weight is 641 g/mol. The van der Waals surface area contributed by atoms with Gasteiger partial charge in [-0.2, -0.15) is 13.2 Å². The third-order valence-electron chi connectivity index (χ3n) is 7.40. The number of carboxylic acids is 1. The lowest BCUT2D eigenvalue weighted by molar-refractivity contribution is -0.137. The molecule has 234 valence electrons. The number of amides is 3. The normalized spacial score (nSPS) is 15.4. The summed E-state index contributed by atoms with van der Waals surface area (Å²) in [4.78, 5) is 40.7. The zero-order chi connectivity index (χ0) is 32.1. The lowest BCUT2D eigenvalue weighted by Gasteiger charge is -2.27. The molecule has 1 aliphatic carbocycles. The number of benzene rings is 3. The van der Waals surface area contributed by atoms with Gasteiger partial charge in [0.05, 0.1) is 28.2 Å². The van der Waals surface area contributed by atoms with E-state index in [0.29, 0.717) is 28.5 Å². The Morgan fingerprint density at radius 3 is 2.49 bits per heavy atom. The van der Waals surface area contributed by atoms with Crippen LogP contribution in [-0.2, 0) is 11.0 Å². The van der Waals surface area contributed by atoms with Crippen molar-refractivity contribution >= 4 is 44.6 Å². The number of nitrogens with zero attached hydrogens (tertiary/aromatic N) is 1. The number of nitrogens with one attached hydrogen (secondary N) is 3. The average Bonchev–Trinajstić information content (AvgIpc) is 3.41. The highest BCUT2D eigenvalue weighted by Crippen LogP contribution is 2.40. The molecule has 0 fully saturated rings. The van der Waals surface area contributed by atoms with E-state index in [4.69, 9.17) is 5.11 Å². The molecule has 8 nitrogen and oxygen atoms in total. The summed E-state index contributed by atoms with van der Waals surface area (Å²) in [6, 6.07) is 13.9. The van der Waals surface area contributed by atoms with Crippen molar-refractivity contribution in [2.75, 3.05) is 11.9 Å². The number of halogens is 4. The Bertz CT molecular complexity index is 1750. The summed E-state index contributed by atoms with van der Waals surface area (Å²) < 4.78 is 54.2. The minimum Gasteiger partial charge on any atom is -0.481 e. The summed E-state index contributed by atoms with van der Waals surface area (Å²) in [5.74, 6) is -2.39. The number of rotatable bonds is 9. The summed E-state index contributed by atoms with van der Waals surface area (Å²) in [6.45, 7) is -0.0354. The molecule has 0 aliphatic heterocycles. The Morgan fingerprint density at radius 2 is 1.80 bits per heavy atom. The van der Waals surface area contributed by atoms with Crippen LogP contribution in [-0.4, -0.2) is 34.5 Å². The van der Waals surface area contributed by atoms with Crippen molar-refractivity contribution in [2.45, 2.75) is 43.8 Å². The fourth-order valence-electron chi connectivity index (χ4n) is 5.30. The minimum absolute atomic E-state index is 0.0354. The van der Waals surface area contributed by atoms with Crippen LogP contribution in [0.1, 0.15) is 70.3 Å². The molecule has 13 heteroatoms. The highest BCUT2D eigenvalue weighted by Gasteiger charge is 2.35. The predicted molar refractivity (Wildman–Crippen MR) is 162 cm³/mol. The van der Waals surface area contributed by atoms with E-state index in [-0.39, 0.29) is 34.2 Å². The number of hydrogen-bond acceptors (Lipinski definition) is 5. The van der Waals surface area contributed by atoms with Gasteiger partial charge in [0.1, 0.15) is 5.82 Å². The molecule has 0 radical (unpaired) electrons. The van der Waals surface area contributed by atoms with Crippen LogP contribution in [0.3, 0.4) is 0 Å². The highest BCUT2D eigenvalue weighted by atomic mass is 32.1. The van der Waals surface area contributed by atoms with Crippen LogP contribution in [0.25, 0.3) is 10.2 Å². The molecule has 0 saturated carbocycles. The number of anilines is 1. The van der Waals surface area contributed by atoms with E-state index in [1.807, 2.05) is 24.3 Å². The van der Waals surface area contributed by atoms with Crippen LogP contribution in [0, 0.1) is 5.82 Å². The minimum atomic E-state index is -4.81. The number of aliphatic carboxylic acids is 1. The van der Waals surface area contributed by atoms with Crippen molar-refractivity contribution in [1.82, 2.24) is 15.6 Å². The number of allylic oxidation sites excluding steroid dienone is 2. The van der Waals surface area contributed by atoms with E-state index < -0.39 is 41.5 Å². The molecule has 5 rings (SSSR count). The Kier molecular flexibility index (Phi) is 9.47. The number of carbonyl (C=O) groups excluding carboxylic acids is 2. The van der Waals surface area contributed by atoms with E-state index in [1.165, 1.54) is 0 Å².